The van der Waals surface area contributed by atoms with E-state index in [1.807, 2.05) is 38.1 Å². The second kappa shape index (κ2) is 10.8. The van der Waals surface area contributed by atoms with Crippen LogP contribution in [-0.2, 0) is 9.59 Å². The molecular weight excluding hydrogens is 484 g/mol. The molecule has 3 N–H and O–H groups in total. The van der Waals surface area contributed by atoms with Gasteiger partial charge in [0.15, 0.2) is 0 Å². The normalized spacial score (nSPS) is 24.1. The molecule has 3 atom stereocenters. The summed E-state index contributed by atoms with van der Waals surface area (Å²) in [6.07, 6.45) is 2.62. The smallest absolute Gasteiger partial charge is 0.320 e. The van der Waals surface area contributed by atoms with Crippen LogP contribution in [0.5, 0.6) is 0 Å². The number of nitrogens with zero attached hydrogens (tertiary/aromatic N) is 2. The second-order valence-electron chi connectivity index (χ2n) is 11.3. The van der Waals surface area contributed by atoms with Gasteiger partial charge in [-0.15, -0.1) is 0 Å². The number of aliphatic carboxylic acids is 1. The summed E-state index contributed by atoms with van der Waals surface area (Å²) in [5.74, 6) is -1.50. The first kappa shape index (κ1) is 26.3. The molecule has 6 rings (SSSR count). The van der Waals surface area contributed by atoms with Crippen molar-refractivity contribution in [2.45, 2.75) is 57.7 Å². The van der Waals surface area contributed by atoms with E-state index < -0.39 is 29.9 Å². The number of piperidine rings is 3. The molecule has 202 valence electrons. The number of rotatable bonds is 10. The maximum absolute atomic E-state index is 13.3. The van der Waals surface area contributed by atoms with E-state index in [0.29, 0.717) is 23.5 Å². The Hall–Kier alpha value is -3.30. The number of carboxylic acids is 1. The molecule has 4 aliphatic rings. The molecular formula is C29H36N4O5. The first-order chi connectivity index (χ1) is 18.2. The van der Waals surface area contributed by atoms with Gasteiger partial charge in [0.25, 0.3) is 11.8 Å². The fraction of sp³-hybridized carbons (Fsp3) is 0.517. The minimum absolute atomic E-state index is 0.00201. The van der Waals surface area contributed by atoms with E-state index in [4.69, 9.17) is 0 Å². The Labute approximate surface area is 222 Å². The van der Waals surface area contributed by atoms with Crippen LogP contribution < -0.4 is 10.6 Å². The molecule has 0 unspecified atom stereocenters. The van der Waals surface area contributed by atoms with E-state index in [2.05, 4.69) is 15.5 Å². The van der Waals surface area contributed by atoms with Crippen molar-refractivity contribution < 1.29 is 24.3 Å². The van der Waals surface area contributed by atoms with Crippen LogP contribution in [0.1, 0.15) is 60.2 Å². The summed E-state index contributed by atoms with van der Waals surface area (Å²) in [6.45, 7) is 6.91. The Kier molecular flexibility index (Phi) is 7.49. The van der Waals surface area contributed by atoms with Crippen LogP contribution in [0.4, 0.5) is 0 Å². The van der Waals surface area contributed by atoms with E-state index in [-0.39, 0.29) is 30.8 Å². The summed E-state index contributed by atoms with van der Waals surface area (Å²) in [4.78, 5) is 55.1. The number of imide groups is 1. The fourth-order valence-electron chi connectivity index (χ4n) is 6.09. The molecule has 2 aromatic carbocycles. The lowest BCUT2D eigenvalue weighted by Crippen LogP contribution is -2.60. The molecule has 0 spiro atoms. The van der Waals surface area contributed by atoms with Crippen molar-refractivity contribution in [3.63, 3.8) is 0 Å². The first-order valence-electron chi connectivity index (χ1n) is 13.6. The van der Waals surface area contributed by atoms with Crippen LogP contribution in [0.3, 0.4) is 0 Å². The lowest BCUT2D eigenvalue weighted by Gasteiger charge is -2.45. The SMILES string of the molecule is CC(C)C[C@H](N[C@H](CCN1C(=O)c2cc3ccccc3cc2C1=O)C(=O)O)C(=O)N[C@H]1CN2CCC1CC2. The van der Waals surface area contributed by atoms with Gasteiger partial charge in [-0.3, -0.25) is 29.4 Å². The Morgan fingerprint density at radius 2 is 1.61 bits per heavy atom. The zero-order valence-electron chi connectivity index (χ0n) is 22.0. The van der Waals surface area contributed by atoms with Crippen molar-refractivity contribution in [2.24, 2.45) is 11.8 Å². The Bertz CT molecular complexity index is 1200. The molecule has 0 aliphatic carbocycles. The highest BCUT2D eigenvalue weighted by atomic mass is 16.4. The number of carbonyl (C=O) groups excluding carboxylic acids is 3. The van der Waals surface area contributed by atoms with E-state index in [1.165, 1.54) is 0 Å². The average molecular weight is 521 g/mol. The number of nitrogens with one attached hydrogen (secondary N) is 2. The zero-order valence-corrected chi connectivity index (χ0v) is 22.0. The average Bonchev–Trinajstić information content (AvgIpc) is 3.13. The molecule has 4 heterocycles. The van der Waals surface area contributed by atoms with Gasteiger partial charge in [0.1, 0.15) is 6.04 Å². The molecule has 0 aromatic heterocycles. The Morgan fingerprint density at radius 1 is 1.00 bits per heavy atom. The monoisotopic (exact) mass is 520 g/mol. The van der Waals surface area contributed by atoms with Gasteiger partial charge >= 0.3 is 5.97 Å². The summed E-state index contributed by atoms with van der Waals surface area (Å²) < 4.78 is 0. The molecule has 0 radical (unpaired) electrons. The lowest BCUT2D eigenvalue weighted by atomic mass is 9.84. The minimum atomic E-state index is -1.11. The minimum Gasteiger partial charge on any atom is -0.480 e. The Morgan fingerprint density at radius 3 is 2.11 bits per heavy atom. The number of carboxylic acid groups (broad SMARTS) is 1. The van der Waals surface area contributed by atoms with Crippen molar-refractivity contribution in [3.8, 4) is 0 Å². The number of amides is 3. The van der Waals surface area contributed by atoms with Gasteiger partial charge in [-0.2, -0.15) is 0 Å². The zero-order chi connectivity index (χ0) is 27.0. The predicted molar refractivity (Wildman–Crippen MR) is 143 cm³/mol. The Balaban J connectivity index is 1.25. The summed E-state index contributed by atoms with van der Waals surface area (Å²) in [5, 5.41) is 17.9. The van der Waals surface area contributed by atoms with Crippen LogP contribution in [-0.4, -0.2) is 82.9 Å². The van der Waals surface area contributed by atoms with Gasteiger partial charge < -0.3 is 15.3 Å². The van der Waals surface area contributed by atoms with Crippen molar-refractivity contribution in [2.75, 3.05) is 26.2 Å². The molecule has 2 bridgehead atoms. The van der Waals surface area contributed by atoms with E-state index in [9.17, 15) is 24.3 Å². The van der Waals surface area contributed by atoms with Gasteiger partial charge in [0, 0.05) is 19.1 Å². The third-order valence-electron chi connectivity index (χ3n) is 8.19. The quantitative estimate of drug-likeness (QED) is 0.412. The van der Waals surface area contributed by atoms with Gasteiger partial charge in [-0.1, -0.05) is 38.1 Å². The van der Waals surface area contributed by atoms with Crippen LogP contribution >= 0.6 is 0 Å². The van der Waals surface area contributed by atoms with Crippen LogP contribution in [0.25, 0.3) is 10.8 Å². The van der Waals surface area contributed by atoms with Crippen LogP contribution in [0, 0.1) is 11.8 Å². The van der Waals surface area contributed by atoms with E-state index in [1.54, 1.807) is 12.1 Å². The summed E-state index contributed by atoms with van der Waals surface area (Å²) in [6, 6.07) is 9.27. The van der Waals surface area contributed by atoms with E-state index >= 15 is 0 Å². The van der Waals surface area contributed by atoms with Gasteiger partial charge in [0.05, 0.1) is 17.2 Å². The molecule has 9 nitrogen and oxygen atoms in total. The highest BCUT2D eigenvalue weighted by Gasteiger charge is 2.38. The van der Waals surface area contributed by atoms with E-state index in [0.717, 1.165) is 48.1 Å². The number of benzene rings is 2. The number of hydrogen-bond acceptors (Lipinski definition) is 6. The lowest BCUT2D eigenvalue weighted by molar-refractivity contribution is -0.140. The van der Waals surface area contributed by atoms with Crippen LogP contribution in [0.2, 0.25) is 0 Å². The number of carbonyl (C=O) groups is 4. The molecule has 9 heteroatoms. The van der Waals surface area contributed by atoms with Gasteiger partial charge in [-0.25, -0.2) is 0 Å². The molecule has 38 heavy (non-hydrogen) atoms. The maximum atomic E-state index is 13.3. The predicted octanol–water partition coefficient (Wildman–Crippen LogP) is 2.49. The topological polar surface area (TPSA) is 119 Å². The standard InChI is InChI=1S/C29H36N4O5/c1-17(2)13-24(26(34)31-25-16-32-10-7-18(25)8-11-32)30-23(29(37)38)9-12-33-27(35)21-14-19-5-3-4-6-20(19)15-22(21)28(33)36/h3-6,14-15,17-18,23-25,30H,7-13,16H2,1-2H3,(H,31,34)(H,37,38)/t23-,24+,25+/m1/s1. The van der Waals surface area contributed by atoms with Crippen molar-refractivity contribution >= 4 is 34.5 Å². The highest BCUT2D eigenvalue weighted by molar-refractivity contribution is 6.23. The van der Waals surface area contributed by atoms with Crippen LogP contribution in [0.15, 0.2) is 36.4 Å². The van der Waals surface area contributed by atoms with Crippen molar-refractivity contribution in [1.82, 2.24) is 20.4 Å². The molecule has 3 amide bonds. The summed E-state index contributed by atoms with van der Waals surface area (Å²) in [7, 11) is 0. The highest BCUT2D eigenvalue weighted by Crippen LogP contribution is 2.29. The summed E-state index contributed by atoms with van der Waals surface area (Å²) >= 11 is 0. The molecule has 0 saturated carbocycles. The first-order valence-corrected chi connectivity index (χ1v) is 13.6. The third kappa shape index (κ3) is 5.31. The molecule has 3 saturated heterocycles. The molecule has 3 fully saturated rings. The fourth-order valence-corrected chi connectivity index (χ4v) is 6.09. The summed E-state index contributed by atoms with van der Waals surface area (Å²) in [5.41, 5.74) is 0.672. The third-order valence-corrected chi connectivity index (χ3v) is 8.19. The van der Waals surface area contributed by atoms with Gasteiger partial charge in [0.2, 0.25) is 5.91 Å². The second-order valence-corrected chi connectivity index (χ2v) is 11.3. The largest absolute Gasteiger partial charge is 0.480 e. The maximum Gasteiger partial charge on any atom is 0.320 e. The molecule has 4 aliphatic heterocycles. The van der Waals surface area contributed by atoms with Crippen molar-refractivity contribution in [3.05, 3.63) is 47.5 Å². The number of fused-ring (bicyclic) bond motifs is 5. The van der Waals surface area contributed by atoms with Gasteiger partial charge in [-0.05, 0) is 73.5 Å². The van der Waals surface area contributed by atoms with Crippen molar-refractivity contribution in [1.29, 1.82) is 0 Å². The number of hydrogen-bond donors (Lipinski definition) is 3. The molecule has 2 aromatic rings.